The van der Waals surface area contributed by atoms with Crippen molar-refractivity contribution in [3.8, 4) is 0 Å². The molecule has 120 valence electrons. The highest BCUT2D eigenvalue weighted by Gasteiger charge is 2.32. The average molecular weight is 316 g/mol. The van der Waals surface area contributed by atoms with E-state index in [9.17, 15) is 22.8 Å². The summed E-state index contributed by atoms with van der Waals surface area (Å²) in [5.41, 5.74) is 0.253. The second kappa shape index (κ2) is 7.48. The molecule has 1 N–H and O–H groups in total. The molecule has 0 aromatic heterocycles. The van der Waals surface area contributed by atoms with E-state index >= 15 is 0 Å². The molecule has 0 aliphatic heterocycles. The van der Waals surface area contributed by atoms with Crippen molar-refractivity contribution >= 4 is 17.7 Å². The Hall–Kier alpha value is -2.51. The van der Waals surface area contributed by atoms with E-state index in [1.807, 2.05) is 0 Å². The lowest BCUT2D eigenvalue weighted by Gasteiger charge is -2.22. The standard InChI is InChI=1S/C14H15F3N2O3/c1-3-7-19(9-14(15,16)17)12(20)10-5-4-6-11(8-10)18-13(21)22-2/h3-6,8H,1,7,9H2,2H3,(H,18,21). The van der Waals surface area contributed by atoms with Crippen LogP contribution in [0.25, 0.3) is 0 Å². The molecule has 0 atom stereocenters. The minimum absolute atomic E-state index is 0.0139. The molecule has 0 radical (unpaired) electrons. The predicted molar refractivity (Wildman–Crippen MR) is 74.6 cm³/mol. The number of amides is 2. The number of anilines is 1. The first kappa shape index (κ1) is 17.5. The lowest BCUT2D eigenvalue weighted by atomic mass is 10.1. The summed E-state index contributed by atoms with van der Waals surface area (Å²) in [7, 11) is 1.17. The number of hydrogen-bond donors (Lipinski definition) is 1. The van der Waals surface area contributed by atoms with Crippen molar-refractivity contribution in [2.24, 2.45) is 0 Å². The Kier molecular flexibility index (Phi) is 5.97. The first-order chi connectivity index (χ1) is 10.3. The van der Waals surface area contributed by atoms with Crippen LogP contribution in [0.15, 0.2) is 36.9 Å². The Bertz CT molecular complexity index is 559. The van der Waals surface area contributed by atoms with Crippen LogP contribution in [0.2, 0.25) is 0 Å². The number of rotatable bonds is 5. The molecular weight excluding hydrogens is 301 g/mol. The topological polar surface area (TPSA) is 58.6 Å². The van der Waals surface area contributed by atoms with Gasteiger partial charge in [-0.15, -0.1) is 6.58 Å². The molecule has 0 aliphatic rings. The lowest BCUT2D eigenvalue weighted by molar-refractivity contribution is -0.139. The van der Waals surface area contributed by atoms with Gasteiger partial charge in [-0.05, 0) is 18.2 Å². The number of hydrogen-bond acceptors (Lipinski definition) is 3. The van der Waals surface area contributed by atoms with Crippen LogP contribution in [0, 0.1) is 0 Å². The molecule has 1 aromatic rings. The highest BCUT2D eigenvalue weighted by atomic mass is 19.4. The molecule has 0 aliphatic carbocycles. The zero-order chi connectivity index (χ0) is 16.8. The van der Waals surface area contributed by atoms with Gasteiger partial charge in [0.2, 0.25) is 0 Å². The van der Waals surface area contributed by atoms with Crippen molar-refractivity contribution < 1.29 is 27.5 Å². The number of ether oxygens (including phenoxy) is 1. The molecule has 0 heterocycles. The Morgan fingerprint density at radius 1 is 1.41 bits per heavy atom. The van der Waals surface area contributed by atoms with Crippen molar-refractivity contribution in [2.75, 3.05) is 25.5 Å². The number of methoxy groups -OCH3 is 1. The molecule has 0 saturated heterocycles. The number of carbonyl (C=O) groups is 2. The maximum Gasteiger partial charge on any atom is 0.411 e. The highest BCUT2D eigenvalue weighted by molar-refractivity contribution is 5.96. The summed E-state index contributed by atoms with van der Waals surface area (Å²) in [6.07, 6.45) is -4.05. The second-order valence-electron chi connectivity index (χ2n) is 4.29. The van der Waals surface area contributed by atoms with E-state index in [4.69, 9.17) is 0 Å². The molecule has 0 spiro atoms. The van der Waals surface area contributed by atoms with Gasteiger partial charge in [-0.1, -0.05) is 12.1 Å². The van der Waals surface area contributed by atoms with Gasteiger partial charge in [-0.3, -0.25) is 10.1 Å². The first-order valence-corrected chi connectivity index (χ1v) is 6.19. The molecule has 8 heteroatoms. The Morgan fingerprint density at radius 3 is 2.64 bits per heavy atom. The molecule has 0 fully saturated rings. The number of carbonyl (C=O) groups excluding carboxylic acids is 2. The molecule has 0 unspecified atom stereocenters. The first-order valence-electron chi connectivity index (χ1n) is 6.19. The zero-order valence-electron chi connectivity index (χ0n) is 11.8. The quantitative estimate of drug-likeness (QED) is 0.849. The highest BCUT2D eigenvalue weighted by Crippen LogP contribution is 2.19. The molecule has 0 bridgehead atoms. The average Bonchev–Trinajstić information content (AvgIpc) is 2.45. The van der Waals surface area contributed by atoms with Crippen LogP contribution in [0.1, 0.15) is 10.4 Å². The van der Waals surface area contributed by atoms with Gasteiger partial charge in [0.1, 0.15) is 6.54 Å². The fraction of sp³-hybridized carbons (Fsp3) is 0.286. The van der Waals surface area contributed by atoms with E-state index in [-0.39, 0.29) is 17.8 Å². The third-order valence-electron chi connectivity index (χ3n) is 2.55. The Morgan fingerprint density at radius 2 is 2.09 bits per heavy atom. The van der Waals surface area contributed by atoms with Crippen LogP contribution in [-0.4, -0.2) is 43.3 Å². The summed E-state index contributed by atoms with van der Waals surface area (Å²) in [5.74, 6) is -0.814. The van der Waals surface area contributed by atoms with E-state index in [0.717, 1.165) is 0 Å². The molecule has 0 saturated carbocycles. The summed E-state index contributed by atoms with van der Waals surface area (Å²) in [6.45, 7) is 1.71. The molecular formula is C14H15F3N2O3. The molecule has 5 nitrogen and oxygen atoms in total. The van der Waals surface area contributed by atoms with Crippen LogP contribution in [0.3, 0.4) is 0 Å². The largest absolute Gasteiger partial charge is 0.453 e. The normalized spacial score (nSPS) is 10.7. The summed E-state index contributed by atoms with van der Waals surface area (Å²) >= 11 is 0. The molecule has 1 rings (SSSR count). The fourth-order valence-corrected chi connectivity index (χ4v) is 1.67. The SMILES string of the molecule is C=CCN(CC(F)(F)F)C(=O)c1cccc(NC(=O)OC)c1. The van der Waals surface area contributed by atoms with Crippen LogP contribution in [0.5, 0.6) is 0 Å². The summed E-state index contributed by atoms with van der Waals surface area (Å²) in [6, 6.07) is 5.55. The van der Waals surface area contributed by atoms with Gasteiger partial charge in [0.25, 0.3) is 5.91 Å². The van der Waals surface area contributed by atoms with Crippen molar-refractivity contribution in [3.05, 3.63) is 42.5 Å². The predicted octanol–water partition coefficient (Wildman–Crippen LogP) is 3.06. The van der Waals surface area contributed by atoms with Gasteiger partial charge in [0.05, 0.1) is 7.11 Å². The fourth-order valence-electron chi connectivity index (χ4n) is 1.67. The number of alkyl halides is 3. The number of halogens is 3. The zero-order valence-corrected chi connectivity index (χ0v) is 11.8. The van der Waals surface area contributed by atoms with E-state index in [2.05, 4.69) is 16.6 Å². The monoisotopic (exact) mass is 316 g/mol. The lowest BCUT2D eigenvalue weighted by Crippen LogP contribution is -2.39. The minimum atomic E-state index is -4.51. The van der Waals surface area contributed by atoms with Crippen LogP contribution in [0.4, 0.5) is 23.7 Å². The number of nitrogens with zero attached hydrogens (tertiary/aromatic N) is 1. The number of benzene rings is 1. The molecule has 22 heavy (non-hydrogen) atoms. The van der Waals surface area contributed by atoms with Crippen molar-refractivity contribution in [1.29, 1.82) is 0 Å². The van der Waals surface area contributed by atoms with Crippen LogP contribution in [-0.2, 0) is 4.74 Å². The van der Waals surface area contributed by atoms with Crippen molar-refractivity contribution in [2.45, 2.75) is 6.18 Å². The Labute approximate surface area is 125 Å². The summed E-state index contributed by atoms with van der Waals surface area (Å²) < 4.78 is 41.9. The van der Waals surface area contributed by atoms with E-state index in [1.54, 1.807) is 0 Å². The Balaban J connectivity index is 2.96. The van der Waals surface area contributed by atoms with Gasteiger partial charge < -0.3 is 9.64 Å². The summed E-state index contributed by atoms with van der Waals surface area (Å²) in [5, 5.41) is 2.33. The van der Waals surface area contributed by atoms with Crippen LogP contribution >= 0.6 is 0 Å². The van der Waals surface area contributed by atoms with Gasteiger partial charge >= 0.3 is 12.3 Å². The second-order valence-corrected chi connectivity index (χ2v) is 4.29. The smallest absolute Gasteiger partial charge is 0.411 e. The van der Waals surface area contributed by atoms with E-state index < -0.39 is 24.7 Å². The maximum atomic E-state index is 12.5. The third kappa shape index (κ3) is 5.47. The van der Waals surface area contributed by atoms with E-state index in [0.29, 0.717) is 4.90 Å². The van der Waals surface area contributed by atoms with Crippen molar-refractivity contribution in [3.63, 3.8) is 0 Å². The van der Waals surface area contributed by atoms with E-state index in [1.165, 1.54) is 37.5 Å². The van der Waals surface area contributed by atoms with Gasteiger partial charge in [0.15, 0.2) is 0 Å². The minimum Gasteiger partial charge on any atom is -0.453 e. The summed E-state index contributed by atoms with van der Waals surface area (Å²) in [4.78, 5) is 23.9. The van der Waals surface area contributed by atoms with Crippen LogP contribution < -0.4 is 5.32 Å². The molecule has 1 aromatic carbocycles. The molecule has 2 amide bonds. The maximum absolute atomic E-state index is 12.5. The van der Waals surface area contributed by atoms with Gasteiger partial charge in [-0.25, -0.2) is 4.79 Å². The van der Waals surface area contributed by atoms with Crippen molar-refractivity contribution in [1.82, 2.24) is 4.90 Å². The van der Waals surface area contributed by atoms with Gasteiger partial charge in [0, 0.05) is 17.8 Å². The number of nitrogens with one attached hydrogen (secondary N) is 1. The third-order valence-corrected chi connectivity index (χ3v) is 2.55. The van der Waals surface area contributed by atoms with Gasteiger partial charge in [-0.2, -0.15) is 13.2 Å².